The third kappa shape index (κ3) is 4.38. The molecule has 0 aromatic carbocycles. The Morgan fingerprint density at radius 3 is 2.06 bits per heavy atom. The number of aliphatic imine (C=N–C) groups is 1. The van der Waals surface area contributed by atoms with E-state index in [1.54, 1.807) is 31.1 Å². The zero-order chi connectivity index (χ0) is 13.4. The highest BCUT2D eigenvalue weighted by Gasteiger charge is 2.10. The first kappa shape index (κ1) is 14.7. The molecule has 17 heavy (non-hydrogen) atoms. The summed E-state index contributed by atoms with van der Waals surface area (Å²) in [4.78, 5) is 5.48. The van der Waals surface area contributed by atoms with Crippen LogP contribution >= 0.6 is 11.6 Å². The highest BCUT2D eigenvalue weighted by Crippen LogP contribution is 2.20. The van der Waals surface area contributed by atoms with E-state index in [-0.39, 0.29) is 21.9 Å². The molecule has 0 fully saturated rings. The van der Waals surface area contributed by atoms with Crippen molar-refractivity contribution in [3.05, 3.63) is 21.9 Å². The molecule has 0 bridgehead atoms. The van der Waals surface area contributed by atoms with E-state index in [1.807, 2.05) is 6.07 Å². The van der Waals surface area contributed by atoms with Crippen LogP contribution in [-0.2, 0) is 0 Å². The highest BCUT2D eigenvalue weighted by molar-refractivity contribution is 6.30. The van der Waals surface area contributed by atoms with Crippen molar-refractivity contribution in [2.45, 2.75) is 6.92 Å². The number of nitriles is 3. The summed E-state index contributed by atoms with van der Waals surface area (Å²) >= 11 is 5.82. The van der Waals surface area contributed by atoms with Gasteiger partial charge in [0.05, 0.1) is 11.9 Å². The van der Waals surface area contributed by atoms with Crippen molar-refractivity contribution in [1.29, 1.82) is 15.8 Å². The minimum Gasteiger partial charge on any atom is -0.369 e. The first-order valence-corrected chi connectivity index (χ1v) is 4.87. The molecule has 0 aromatic rings. The van der Waals surface area contributed by atoms with Crippen molar-refractivity contribution in [3.8, 4) is 18.2 Å². The number of nitrogens with zero attached hydrogens (tertiary/aromatic N) is 5. The van der Waals surface area contributed by atoms with Crippen LogP contribution < -0.4 is 0 Å². The molecule has 0 saturated carbocycles. The first-order valence-electron chi connectivity index (χ1n) is 4.49. The van der Waals surface area contributed by atoms with Crippen LogP contribution in [-0.4, -0.2) is 25.3 Å². The zero-order valence-corrected chi connectivity index (χ0v) is 10.4. The van der Waals surface area contributed by atoms with Crippen molar-refractivity contribution < 1.29 is 0 Å². The Morgan fingerprint density at radius 1 is 1.18 bits per heavy atom. The molecule has 0 aromatic heterocycles. The quantitative estimate of drug-likeness (QED) is 0.251. The summed E-state index contributed by atoms with van der Waals surface area (Å²) < 4.78 is 0. The molecule has 6 heteroatoms. The van der Waals surface area contributed by atoms with Crippen LogP contribution in [0.1, 0.15) is 6.92 Å². The summed E-state index contributed by atoms with van der Waals surface area (Å²) in [6, 6.07) is 5.23. The lowest BCUT2D eigenvalue weighted by atomic mass is 10.1. The lowest BCUT2D eigenvalue weighted by molar-refractivity contribution is 0.642. The molecule has 0 amide bonds. The van der Waals surface area contributed by atoms with Gasteiger partial charge >= 0.3 is 0 Å². The molecule has 0 aliphatic rings. The van der Waals surface area contributed by atoms with Crippen molar-refractivity contribution in [2.24, 2.45) is 4.99 Å². The topological polar surface area (TPSA) is 87.0 Å². The van der Waals surface area contributed by atoms with Gasteiger partial charge in [0.1, 0.15) is 28.9 Å². The van der Waals surface area contributed by atoms with Crippen LogP contribution in [0.25, 0.3) is 0 Å². The van der Waals surface area contributed by atoms with Crippen LogP contribution in [0, 0.1) is 34.0 Å². The lowest BCUT2D eigenvalue weighted by Crippen LogP contribution is -2.07. The van der Waals surface area contributed by atoms with E-state index in [4.69, 9.17) is 27.4 Å². The predicted molar refractivity (Wildman–Crippen MR) is 64.6 cm³/mol. The Kier molecular flexibility index (Phi) is 6.11. The second kappa shape index (κ2) is 7.06. The lowest BCUT2D eigenvalue weighted by Gasteiger charge is -2.03. The van der Waals surface area contributed by atoms with Crippen molar-refractivity contribution >= 4 is 17.9 Å². The van der Waals surface area contributed by atoms with Crippen molar-refractivity contribution in [1.82, 2.24) is 4.90 Å². The molecule has 0 rings (SSSR count). The largest absolute Gasteiger partial charge is 0.369 e. The molecule has 0 aliphatic heterocycles. The SMILES string of the molecule is CC(=C(C#N)C#N)/C(C#N)=C(Cl)/N=C/N(C)C. The zero-order valence-electron chi connectivity index (χ0n) is 9.69. The van der Waals surface area contributed by atoms with Gasteiger partial charge in [-0.2, -0.15) is 15.8 Å². The smallest absolute Gasteiger partial charge is 0.148 e. The molecular weight excluding hydrogens is 238 g/mol. The summed E-state index contributed by atoms with van der Waals surface area (Å²) in [5.41, 5.74) is 0.0843. The van der Waals surface area contributed by atoms with E-state index in [1.165, 1.54) is 13.3 Å². The third-order valence-corrected chi connectivity index (χ3v) is 1.98. The van der Waals surface area contributed by atoms with E-state index >= 15 is 0 Å². The number of hydrogen-bond acceptors (Lipinski definition) is 4. The van der Waals surface area contributed by atoms with Gasteiger partial charge in [0.2, 0.25) is 0 Å². The van der Waals surface area contributed by atoms with E-state index in [0.717, 1.165) is 0 Å². The normalized spacial score (nSPS) is 10.9. The number of rotatable bonds is 3. The molecule has 0 heterocycles. The molecule has 86 valence electrons. The van der Waals surface area contributed by atoms with Gasteiger partial charge in [-0.15, -0.1) is 0 Å². The Hall–Kier alpha value is -2.29. The van der Waals surface area contributed by atoms with Gasteiger partial charge in [0.25, 0.3) is 0 Å². The molecular formula is C11H10ClN5. The Labute approximate surface area is 105 Å². The van der Waals surface area contributed by atoms with E-state index in [9.17, 15) is 0 Å². The molecule has 0 radical (unpaired) electrons. The second-order valence-electron chi connectivity index (χ2n) is 3.21. The standard InChI is InChI=1S/C11H10ClN5/c1-8(9(4-13)5-14)10(6-15)11(12)16-7-17(2)3/h7H,1-3H3/b11-10+,16-7+. The second-order valence-corrected chi connectivity index (χ2v) is 3.57. The predicted octanol–water partition coefficient (Wildman–Crippen LogP) is 1.91. The molecule has 5 nitrogen and oxygen atoms in total. The third-order valence-electron chi connectivity index (χ3n) is 1.69. The molecule has 0 unspecified atom stereocenters. The highest BCUT2D eigenvalue weighted by atomic mass is 35.5. The van der Waals surface area contributed by atoms with Crippen LogP contribution in [0.2, 0.25) is 0 Å². The van der Waals surface area contributed by atoms with Crippen LogP contribution in [0.5, 0.6) is 0 Å². The molecule has 0 saturated heterocycles. The van der Waals surface area contributed by atoms with Gasteiger partial charge in [-0.3, -0.25) is 0 Å². The molecule has 0 spiro atoms. The maximum Gasteiger partial charge on any atom is 0.148 e. The maximum absolute atomic E-state index is 8.94. The Balaban J connectivity index is 5.62. The Morgan fingerprint density at radius 2 is 1.71 bits per heavy atom. The van der Waals surface area contributed by atoms with E-state index < -0.39 is 0 Å². The van der Waals surface area contributed by atoms with Crippen LogP contribution in [0.4, 0.5) is 0 Å². The van der Waals surface area contributed by atoms with E-state index in [0.29, 0.717) is 0 Å². The van der Waals surface area contributed by atoms with Gasteiger partial charge in [-0.25, -0.2) is 4.99 Å². The monoisotopic (exact) mass is 247 g/mol. The van der Waals surface area contributed by atoms with Crippen molar-refractivity contribution in [3.63, 3.8) is 0 Å². The van der Waals surface area contributed by atoms with Crippen LogP contribution in [0.3, 0.4) is 0 Å². The average molecular weight is 248 g/mol. The van der Waals surface area contributed by atoms with Gasteiger partial charge in [-0.1, -0.05) is 11.6 Å². The average Bonchev–Trinajstić information content (AvgIpc) is 2.29. The first-order chi connectivity index (χ1) is 7.97. The minimum absolute atomic E-state index is 0.0165. The van der Waals surface area contributed by atoms with Gasteiger partial charge in [-0.05, 0) is 12.5 Å². The minimum atomic E-state index is -0.153. The summed E-state index contributed by atoms with van der Waals surface area (Å²) in [7, 11) is 3.50. The fourth-order valence-corrected chi connectivity index (χ4v) is 1.06. The van der Waals surface area contributed by atoms with Gasteiger partial charge in [0.15, 0.2) is 0 Å². The number of halogens is 1. The Bertz CT molecular complexity index is 489. The summed E-state index contributed by atoms with van der Waals surface area (Å²) in [6.07, 6.45) is 1.42. The van der Waals surface area contributed by atoms with Crippen LogP contribution in [0.15, 0.2) is 26.9 Å². The van der Waals surface area contributed by atoms with E-state index in [2.05, 4.69) is 4.99 Å². The number of hydrogen-bond donors (Lipinski definition) is 0. The molecule has 0 N–H and O–H groups in total. The summed E-state index contributed by atoms with van der Waals surface area (Å²) in [5, 5.41) is 26.3. The fourth-order valence-electron chi connectivity index (χ4n) is 0.833. The number of allylic oxidation sites excluding steroid dienone is 3. The van der Waals surface area contributed by atoms with Gasteiger partial charge in [0, 0.05) is 14.1 Å². The van der Waals surface area contributed by atoms with Gasteiger partial charge < -0.3 is 4.90 Å². The fraction of sp³-hybridized carbons (Fsp3) is 0.273. The summed E-state index contributed by atoms with van der Waals surface area (Å²) in [6.45, 7) is 1.48. The summed E-state index contributed by atoms with van der Waals surface area (Å²) in [5.74, 6) is 0. The maximum atomic E-state index is 8.94. The molecule has 0 atom stereocenters. The van der Waals surface area contributed by atoms with Crippen molar-refractivity contribution in [2.75, 3.05) is 14.1 Å². The molecule has 0 aliphatic carbocycles.